The third kappa shape index (κ3) is 1.48. The zero-order chi connectivity index (χ0) is 9.26. The summed E-state index contributed by atoms with van der Waals surface area (Å²) in [6, 6.07) is 0.831. The fraction of sp³-hybridized carbons (Fsp3) is 0.700. The zero-order valence-corrected chi connectivity index (χ0v) is 8.11. The summed E-state index contributed by atoms with van der Waals surface area (Å²) >= 11 is 0. The van der Waals surface area contributed by atoms with E-state index in [-0.39, 0.29) is 0 Å². The Balaban J connectivity index is 2.23. The summed E-state index contributed by atoms with van der Waals surface area (Å²) in [7, 11) is 0. The lowest BCUT2D eigenvalue weighted by molar-refractivity contribution is 0.448. The van der Waals surface area contributed by atoms with Crippen LogP contribution >= 0.6 is 0 Å². The fourth-order valence-electron chi connectivity index (χ4n) is 2.23. The highest BCUT2D eigenvalue weighted by Gasteiger charge is 2.26. The maximum atomic E-state index is 6.05. The van der Waals surface area contributed by atoms with Crippen molar-refractivity contribution in [1.29, 1.82) is 0 Å². The second-order valence-electron chi connectivity index (χ2n) is 3.77. The first-order valence-electron chi connectivity index (χ1n) is 5.10. The fourth-order valence-corrected chi connectivity index (χ4v) is 2.23. The molecule has 2 N–H and O–H groups in total. The van der Waals surface area contributed by atoms with E-state index in [2.05, 4.69) is 22.7 Å². The number of hydrogen-bond donors (Lipinski definition) is 1. The van der Waals surface area contributed by atoms with E-state index in [0.29, 0.717) is 12.1 Å². The van der Waals surface area contributed by atoms with Crippen molar-refractivity contribution in [2.45, 2.75) is 44.7 Å². The van der Waals surface area contributed by atoms with Gasteiger partial charge in [-0.15, -0.1) is 0 Å². The van der Waals surface area contributed by atoms with Crippen LogP contribution in [0.15, 0.2) is 12.4 Å². The first kappa shape index (κ1) is 8.75. The molecule has 72 valence electrons. The van der Waals surface area contributed by atoms with E-state index < -0.39 is 0 Å². The Hall–Kier alpha value is -0.830. The molecule has 13 heavy (non-hydrogen) atoms. The molecule has 0 bridgehead atoms. The minimum atomic E-state index is 0.333. The van der Waals surface area contributed by atoms with Gasteiger partial charge in [-0.1, -0.05) is 6.92 Å². The number of aromatic nitrogens is 2. The second kappa shape index (κ2) is 3.50. The standard InChI is InChI=1S/C10H17N3/c1-2-10-12-6-7-13(10)9-5-3-4-8(9)11/h6-9H,2-5,11H2,1H3. The van der Waals surface area contributed by atoms with Gasteiger partial charge in [0.15, 0.2) is 0 Å². The van der Waals surface area contributed by atoms with E-state index >= 15 is 0 Å². The molecule has 0 aliphatic heterocycles. The Labute approximate surface area is 79.0 Å². The number of nitrogens with two attached hydrogens (primary N) is 1. The SMILES string of the molecule is CCc1nccn1C1CCCC1N. The maximum absolute atomic E-state index is 6.05. The molecule has 1 heterocycles. The molecular formula is C10H17N3. The van der Waals surface area contributed by atoms with Crippen LogP contribution in [0.25, 0.3) is 0 Å². The van der Waals surface area contributed by atoms with Gasteiger partial charge in [0.1, 0.15) is 5.82 Å². The molecule has 0 amide bonds. The summed E-state index contributed by atoms with van der Waals surface area (Å²) in [5.74, 6) is 1.17. The molecule has 1 aromatic heterocycles. The van der Waals surface area contributed by atoms with Crippen molar-refractivity contribution in [3.63, 3.8) is 0 Å². The van der Waals surface area contributed by atoms with Crippen LogP contribution in [0.4, 0.5) is 0 Å². The highest BCUT2D eigenvalue weighted by atomic mass is 15.1. The monoisotopic (exact) mass is 179 g/mol. The minimum absolute atomic E-state index is 0.333. The molecule has 3 heteroatoms. The number of rotatable bonds is 2. The lowest BCUT2D eigenvalue weighted by Gasteiger charge is -2.19. The lowest BCUT2D eigenvalue weighted by Crippen LogP contribution is -2.27. The van der Waals surface area contributed by atoms with Crippen LogP contribution < -0.4 is 5.73 Å². The predicted octanol–water partition coefficient (Wildman–Crippen LogP) is 1.50. The van der Waals surface area contributed by atoms with Crippen LogP contribution in [0.5, 0.6) is 0 Å². The highest BCUT2D eigenvalue weighted by Crippen LogP contribution is 2.29. The van der Waals surface area contributed by atoms with Crippen molar-refractivity contribution in [3.8, 4) is 0 Å². The van der Waals surface area contributed by atoms with Crippen molar-refractivity contribution in [2.75, 3.05) is 0 Å². The predicted molar refractivity (Wildman–Crippen MR) is 52.5 cm³/mol. The third-order valence-corrected chi connectivity index (χ3v) is 2.95. The zero-order valence-electron chi connectivity index (χ0n) is 8.11. The van der Waals surface area contributed by atoms with Gasteiger partial charge in [0.2, 0.25) is 0 Å². The van der Waals surface area contributed by atoms with Crippen molar-refractivity contribution in [2.24, 2.45) is 5.73 Å². The van der Waals surface area contributed by atoms with E-state index in [9.17, 15) is 0 Å². The number of aryl methyl sites for hydroxylation is 1. The van der Waals surface area contributed by atoms with Crippen LogP contribution in [0.2, 0.25) is 0 Å². The average molecular weight is 179 g/mol. The van der Waals surface area contributed by atoms with E-state index in [0.717, 1.165) is 12.8 Å². The van der Waals surface area contributed by atoms with Crippen LogP contribution in [0.3, 0.4) is 0 Å². The Kier molecular flexibility index (Phi) is 2.36. The molecule has 2 unspecified atom stereocenters. The van der Waals surface area contributed by atoms with Crippen LogP contribution in [0.1, 0.15) is 38.1 Å². The summed E-state index contributed by atoms with van der Waals surface area (Å²) in [5, 5.41) is 0. The Bertz CT molecular complexity index is 279. The van der Waals surface area contributed by atoms with Crippen molar-refractivity contribution in [3.05, 3.63) is 18.2 Å². The minimum Gasteiger partial charge on any atom is -0.330 e. The summed E-state index contributed by atoms with van der Waals surface area (Å²) < 4.78 is 2.26. The first-order valence-corrected chi connectivity index (χ1v) is 5.10. The van der Waals surface area contributed by atoms with E-state index in [1.165, 1.54) is 18.7 Å². The maximum Gasteiger partial charge on any atom is 0.108 e. The molecule has 1 saturated carbocycles. The topological polar surface area (TPSA) is 43.8 Å². The van der Waals surface area contributed by atoms with Gasteiger partial charge in [-0.05, 0) is 19.3 Å². The van der Waals surface area contributed by atoms with Crippen molar-refractivity contribution in [1.82, 2.24) is 9.55 Å². The van der Waals surface area contributed by atoms with Gasteiger partial charge < -0.3 is 10.3 Å². The van der Waals surface area contributed by atoms with Crippen LogP contribution in [-0.2, 0) is 6.42 Å². The smallest absolute Gasteiger partial charge is 0.108 e. The molecule has 0 saturated heterocycles. The number of nitrogens with zero attached hydrogens (tertiary/aromatic N) is 2. The lowest BCUT2D eigenvalue weighted by atomic mass is 10.2. The molecule has 2 atom stereocenters. The number of hydrogen-bond acceptors (Lipinski definition) is 2. The summed E-state index contributed by atoms with van der Waals surface area (Å²) in [4.78, 5) is 4.32. The van der Waals surface area contributed by atoms with Gasteiger partial charge in [-0.25, -0.2) is 4.98 Å². The normalized spacial score (nSPS) is 28.2. The van der Waals surface area contributed by atoms with E-state index in [4.69, 9.17) is 5.73 Å². The highest BCUT2D eigenvalue weighted by molar-refractivity contribution is 4.99. The molecule has 1 fully saturated rings. The van der Waals surface area contributed by atoms with Gasteiger partial charge in [-0.2, -0.15) is 0 Å². The molecule has 1 aromatic rings. The molecule has 0 spiro atoms. The Morgan fingerprint density at radius 1 is 1.62 bits per heavy atom. The summed E-state index contributed by atoms with van der Waals surface area (Å²) in [6.45, 7) is 2.14. The summed E-state index contributed by atoms with van der Waals surface area (Å²) in [5.41, 5.74) is 6.05. The Morgan fingerprint density at radius 2 is 2.46 bits per heavy atom. The van der Waals surface area contributed by atoms with Crippen molar-refractivity contribution >= 4 is 0 Å². The van der Waals surface area contributed by atoms with Gasteiger partial charge in [0, 0.05) is 30.9 Å². The van der Waals surface area contributed by atoms with E-state index in [1.54, 1.807) is 0 Å². The molecule has 0 aromatic carbocycles. The van der Waals surface area contributed by atoms with Gasteiger partial charge >= 0.3 is 0 Å². The largest absolute Gasteiger partial charge is 0.330 e. The Morgan fingerprint density at radius 3 is 3.08 bits per heavy atom. The third-order valence-electron chi connectivity index (χ3n) is 2.95. The van der Waals surface area contributed by atoms with Gasteiger partial charge in [-0.3, -0.25) is 0 Å². The van der Waals surface area contributed by atoms with Gasteiger partial charge in [0.05, 0.1) is 0 Å². The quantitative estimate of drug-likeness (QED) is 0.747. The first-order chi connectivity index (χ1) is 6.33. The molecular weight excluding hydrogens is 162 g/mol. The second-order valence-corrected chi connectivity index (χ2v) is 3.77. The average Bonchev–Trinajstić information content (AvgIpc) is 2.71. The molecule has 3 nitrogen and oxygen atoms in total. The van der Waals surface area contributed by atoms with Crippen molar-refractivity contribution < 1.29 is 0 Å². The molecule has 1 aliphatic rings. The van der Waals surface area contributed by atoms with Crippen LogP contribution in [-0.4, -0.2) is 15.6 Å². The van der Waals surface area contributed by atoms with Crippen LogP contribution in [0, 0.1) is 0 Å². The molecule has 1 aliphatic carbocycles. The van der Waals surface area contributed by atoms with E-state index in [1.807, 2.05) is 6.20 Å². The van der Waals surface area contributed by atoms with Gasteiger partial charge in [0.25, 0.3) is 0 Å². The molecule has 2 rings (SSSR count). The number of imidazole rings is 1. The molecule has 0 radical (unpaired) electrons. The summed E-state index contributed by atoms with van der Waals surface area (Å²) in [6.07, 6.45) is 8.57.